The normalized spacial score (nSPS) is 21.4. The van der Waals surface area contributed by atoms with Gasteiger partial charge in [-0.2, -0.15) is 13.2 Å². The molecule has 1 aromatic rings. The number of alkyl halides is 3. The summed E-state index contributed by atoms with van der Waals surface area (Å²) in [5, 5.41) is 2.90. The van der Waals surface area contributed by atoms with Crippen LogP contribution in [0, 0.1) is 5.92 Å². The van der Waals surface area contributed by atoms with Crippen LogP contribution in [0.25, 0.3) is 0 Å². The molecule has 1 N–H and O–H groups in total. The van der Waals surface area contributed by atoms with Crippen molar-refractivity contribution in [3.8, 4) is 0 Å². The van der Waals surface area contributed by atoms with E-state index in [2.05, 4.69) is 20.2 Å². The Morgan fingerprint density at radius 2 is 2.26 bits per heavy atom. The monoisotopic (exact) mass is 274 g/mol. The summed E-state index contributed by atoms with van der Waals surface area (Å²) < 4.78 is 37.5. The van der Waals surface area contributed by atoms with Crippen molar-refractivity contribution in [3.63, 3.8) is 0 Å². The van der Waals surface area contributed by atoms with Crippen LogP contribution in [-0.4, -0.2) is 41.5 Å². The second-order valence-electron chi connectivity index (χ2n) is 4.91. The highest BCUT2D eigenvalue weighted by Crippen LogP contribution is 2.27. The molecule has 19 heavy (non-hydrogen) atoms. The Kier molecular flexibility index (Phi) is 4.24. The second kappa shape index (κ2) is 5.73. The molecule has 0 bridgehead atoms. The van der Waals surface area contributed by atoms with Gasteiger partial charge in [0.05, 0.1) is 0 Å². The molecule has 7 heteroatoms. The quantitative estimate of drug-likeness (QED) is 0.918. The molecule has 106 valence electrons. The van der Waals surface area contributed by atoms with Crippen LogP contribution in [0.15, 0.2) is 12.3 Å². The number of rotatable bonds is 3. The number of piperidine rings is 1. The van der Waals surface area contributed by atoms with Gasteiger partial charge in [-0.05, 0) is 38.4 Å². The van der Waals surface area contributed by atoms with Crippen LogP contribution >= 0.6 is 0 Å². The highest BCUT2D eigenvalue weighted by molar-refractivity contribution is 5.26. The van der Waals surface area contributed by atoms with Gasteiger partial charge in [-0.3, -0.25) is 0 Å². The summed E-state index contributed by atoms with van der Waals surface area (Å²) in [6.45, 7) is 2.63. The lowest BCUT2D eigenvalue weighted by Gasteiger charge is -2.29. The fourth-order valence-corrected chi connectivity index (χ4v) is 2.28. The number of nitrogens with one attached hydrogen (secondary N) is 1. The van der Waals surface area contributed by atoms with Crippen molar-refractivity contribution < 1.29 is 13.2 Å². The van der Waals surface area contributed by atoms with Crippen LogP contribution < -0.4 is 5.32 Å². The summed E-state index contributed by atoms with van der Waals surface area (Å²) in [5.74, 6) is 0.472. The van der Waals surface area contributed by atoms with E-state index in [1.54, 1.807) is 0 Å². The third-order valence-electron chi connectivity index (χ3n) is 3.22. The van der Waals surface area contributed by atoms with Crippen molar-refractivity contribution in [2.75, 3.05) is 32.0 Å². The zero-order chi connectivity index (χ0) is 13.9. The van der Waals surface area contributed by atoms with Crippen molar-refractivity contribution in [2.45, 2.75) is 19.0 Å². The fourth-order valence-electron chi connectivity index (χ4n) is 2.28. The molecule has 0 saturated carbocycles. The van der Waals surface area contributed by atoms with Crippen LogP contribution in [0.5, 0.6) is 0 Å². The van der Waals surface area contributed by atoms with E-state index in [4.69, 9.17) is 0 Å². The van der Waals surface area contributed by atoms with Crippen LogP contribution in [0.1, 0.15) is 18.5 Å². The number of likely N-dealkylation sites (tertiary alicyclic amines) is 1. The molecule has 0 aromatic carbocycles. The minimum absolute atomic E-state index is 0.0445. The van der Waals surface area contributed by atoms with E-state index in [0.717, 1.165) is 38.2 Å². The smallest absolute Gasteiger partial charge is 0.354 e. The maximum Gasteiger partial charge on any atom is 0.433 e. The molecule has 1 unspecified atom stereocenters. The average molecular weight is 274 g/mol. The van der Waals surface area contributed by atoms with E-state index >= 15 is 0 Å². The average Bonchev–Trinajstić information content (AvgIpc) is 2.36. The summed E-state index contributed by atoms with van der Waals surface area (Å²) in [4.78, 5) is 9.53. The van der Waals surface area contributed by atoms with Gasteiger partial charge in [-0.1, -0.05) is 0 Å². The Labute approximate surface area is 110 Å². The van der Waals surface area contributed by atoms with Gasteiger partial charge >= 0.3 is 6.18 Å². The Hall–Kier alpha value is -1.37. The molecule has 1 atom stereocenters. The molecule has 0 amide bonds. The Balaban J connectivity index is 1.92. The van der Waals surface area contributed by atoms with Crippen molar-refractivity contribution in [2.24, 2.45) is 5.92 Å². The van der Waals surface area contributed by atoms with Crippen molar-refractivity contribution in [1.29, 1.82) is 0 Å². The Bertz CT molecular complexity index is 422. The minimum Gasteiger partial charge on any atom is -0.354 e. The van der Waals surface area contributed by atoms with Crippen molar-refractivity contribution in [3.05, 3.63) is 18.0 Å². The highest BCUT2D eigenvalue weighted by Gasteiger charge is 2.32. The van der Waals surface area contributed by atoms with Gasteiger partial charge in [0, 0.05) is 19.3 Å². The maximum absolute atomic E-state index is 12.5. The number of hydrogen-bond acceptors (Lipinski definition) is 4. The first-order valence-corrected chi connectivity index (χ1v) is 6.28. The third-order valence-corrected chi connectivity index (χ3v) is 3.22. The molecule has 2 rings (SSSR count). The zero-order valence-corrected chi connectivity index (χ0v) is 10.7. The van der Waals surface area contributed by atoms with E-state index in [1.165, 1.54) is 0 Å². The topological polar surface area (TPSA) is 41.0 Å². The highest BCUT2D eigenvalue weighted by atomic mass is 19.4. The van der Waals surface area contributed by atoms with Gasteiger partial charge in [-0.25, -0.2) is 9.97 Å². The lowest BCUT2D eigenvalue weighted by molar-refractivity contribution is -0.141. The van der Waals surface area contributed by atoms with E-state index < -0.39 is 11.9 Å². The first-order chi connectivity index (χ1) is 8.95. The molecule has 1 aliphatic heterocycles. The molecule has 1 fully saturated rings. The lowest BCUT2D eigenvalue weighted by atomic mass is 9.99. The minimum atomic E-state index is -4.43. The van der Waals surface area contributed by atoms with E-state index in [9.17, 15) is 13.2 Å². The summed E-state index contributed by atoms with van der Waals surface area (Å²) in [5.41, 5.74) is -0.911. The van der Waals surface area contributed by atoms with Gasteiger partial charge in [0.25, 0.3) is 0 Å². The van der Waals surface area contributed by atoms with Gasteiger partial charge in [0.2, 0.25) is 5.95 Å². The number of nitrogens with zero attached hydrogens (tertiary/aromatic N) is 3. The predicted molar refractivity (Wildman–Crippen MR) is 65.7 cm³/mol. The van der Waals surface area contributed by atoms with Gasteiger partial charge < -0.3 is 10.2 Å². The van der Waals surface area contributed by atoms with Crippen molar-refractivity contribution in [1.82, 2.24) is 14.9 Å². The lowest BCUT2D eigenvalue weighted by Crippen LogP contribution is -2.35. The van der Waals surface area contributed by atoms with Gasteiger partial charge in [-0.15, -0.1) is 0 Å². The summed E-state index contributed by atoms with van der Waals surface area (Å²) >= 11 is 0. The largest absolute Gasteiger partial charge is 0.433 e. The molecule has 2 heterocycles. The number of anilines is 1. The van der Waals surface area contributed by atoms with E-state index in [0.29, 0.717) is 12.5 Å². The second-order valence-corrected chi connectivity index (χ2v) is 4.91. The maximum atomic E-state index is 12.5. The number of aromatic nitrogens is 2. The number of halogens is 3. The Morgan fingerprint density at radius 1 is 1.47 bits per heavy atom. The van der Waals surface area contributed by atoms with Crippen LogP contribution in [-0.2, 0) is 6.18 Å². The summed E-state index contributed by atoms with van der Waals surface area (Å²) in [6.07, 6.45) is -1.10. The summed E-state index contributed by atoms with van der Waals surface area (Å²) in [6, 6.07) is 0.875. The Morgan fingerprint density at radius 3 is 2.95 bits per heavy atom. The van der Waals surface area contributed by atoms with Gasteiger partial charge in [0.15, 0.2) is 0 Å². The van der Waals surface area contributed by atoms with Gasteiger partial charge in [0.1, 0.15) is 5.69 Å². The predicted octanol–water partition coefficient (Wildman–Crippen LogP) is 2.25. The zero-order valence-electron chi connectivity index (χ0n) is 10.7. The molecule has 0 radical (unpaired) electrons. The SMILES string of the molecule is CN1CCCC(CNc2nccc(C(F)(F)F)n2)C1. The standard InChI is InChI=1S/C12H17F3N4/c1-19-6-2-3-9(8-19)7-17-11-16-5-4-10(18-11)12(13,14)15/h4-5,9H,2-3,6-8H2,1H3,(H,16,17,18). The molecular formula is C12H17F3N4. The van der Waals surface area contributed by atoms with E-state index in [-0.39, 0.29) is 5.95 Å². The third kappa shape index (κ3) is 4.05. The molecule has 4 nitrogen and oxygen atoms in total. The molecule has 1 aromatic heterocycles. The molecule has 1 aliphatic rings. The van der Waals surface area contributed by atoms with Crippen molar-refractivity contribution >= 4 is 5.95 Å². The van der Waals surface area contributed by atoms with Crippen LogP contribution in [0.4, 0.5) is 19.1 Å². The first kappa shape index (κ1) is 14.0. The molecule has 1 saturated heterocycles. The molecule has 0 spiro atoms. The van der Waals surface area contributed by atoms with Crippen LogP contribution in [0.2, 0.25) is 0 Å². The van der Waals surface area contributed by atoms with Crippen LogP contribution in [0.3, 0.4) is 0 Å². The number of hydrogen-bond donors (Lipinski definition) is 1. The van der Waals surface area contributed by atoms with E-state index in [1.807, 2.05) is 7.05 Å². The summed E-state index contributed by atoms with van der Waals surface area (Å²) in [7, 11) is 2.05. The molecular weight excluding hydrogens is 257 g/mol. The molecule has 0 aliphatic carbocycles. The first-order valence-electron chi connectivity index (χ1n) is 6.28. The fraction of sp³-hybridized carbons (Fsp3) is 0.667.